The minimum Gasteiger partial charge on any atom is -0.497 e. The quantitative estimate of drug-likeness (QED) is 0.714. The fraction of sp³-hybridized carbons (Fsp3) is 0.538. The van der Waals surface area contributed by atoms with Crippen LogP contribution in [0.25, 0.3) is 0 Å². The van der Waals surface area contributed by atoms with Crippen LogP contribution < -0.4 is 5.32 Å². The van der Waals surface area contributed by atoms with Crippen LogP contribution in [0.3, 0.4) is 0 Å². The van der Waals surface area contributed by atoms with Crippen LogP contribution in [0.4, 0.5) is 0 Å². The van der Waals surface area contributed by atoms with E-state index in [0.717, 1.165) is 5.47 Å². The molecule has 4 nitrogen and oxygen atoms in total. The smallest absolute Gasteiger partial charge is 0.496 e. The van der Waals surface area contributed by atoms with Gasteiger partial charge in [-0.1, -0.05) is 0 Å². The van der Waals surface area contributed by atoms with E-state index in [1.165, 1.54) is 16.7 Å². The normalized spacial score (nSPS) is 29.3. The van der Waals surface area contributed by atoms with Gasteiger partial charge in [0.25, 0.3) is 0 Å². The molecule has 1 atom stereocenters. The molecule has 0 aromatic heterocycles. The van der Waals surface area contributed by atoms with Crippen LogP contribution >= 0.6 is 0 Å². The molecule has 3 heterocycles. The molecule has 0 aromatic rings. The molecule has 0 fully saturated rings. The SMILES string of the molecule is CNC1OB2OC(C)(C)C3=C2C(=C1C)C=COC3. The van der Waals surface area contributed by atoms with Gasteiger partial charge in [0.05, 0.1) is 11.9 Å². The summed E-state index contributed by atoms with van der Waals surface area (Å²) in [4.78, 5) is 0. The second kappa shape index (κ2) is 3.98. The predicted molar refractivity (Wildman–Crippen MR) is 69.7 cm³/mol. The molecule has 3 aliphatic rings. The number of rotatable bonds is 1. The van der Waals surface area contributed by atoms with E-state index in [9.17, 15) is 0 Å². The molecule has 1 unspecified atom stereocenters. The van der Waals surface area contributed by atoms with Gasteiger partial charge in [-0.25, -0.2) is 0 Å². The summed E-state index contributed by atoms with van der Waals surface area (Å²) in [5, 5.41) is 3.16. The van der Waals surface area contributed by atoms with Crippen molar-refractivity contribution in [1.29, 1.82) is 0 Å². The maximum Gasteiger partial charge on any atom is 0.496 e. The number of nitrogens with one attached hydrogen (secondary N) is 1. The van der Waals surface area contributed by atoms with Crippen LogP contribution in [-0.4, -0.2) is 32.6 Å². The first kappa shape index (κ1) is 12.0. The van der Waals surface area contributed by atoms with E-state index in [-0.39, 0.29) is 18.9 Å². The summed E-state index contributed by atoms with van der Waals surface area (Å²) in [6.07, 6.45) is 3.68. The van der Waals surface area contributed by atoms with Crippen LogP contribution in [0, 0.1) is 0 Å². The lowest BCUT2D eigenvalue weighted by Crippen LogP contribution is -2.42. The Balaban J connectivity index is 2.17. The van der Waals surface area contributed by atoms with Crippen molar-refractivity contribution >= 4 is 7.12 Å². The van der Waals surface area contributed by atoms with Crippen LogP contribution in [-0.2, 0) is 14.0 Å². The summed E-state index contributed by atoms with van der Waals surface area (Å²) < 4.78 is 17.5. The van der Waals surface area contributed by atoms with Gasteiger partial charge in [0.1, 0.15) is 12.8 Å². The largest absolute Gasteiger partial charge is 0.497 e. The van der Waals surface area contributed by atoms with Crippen molar-refractivity contribution in [3.8, 4) is 0 Å². The van der Waals surface area contributed by atoms with Crippen molar-refractivity contribution in [2.24, 2.45) is 0 Å². The molecule has 5 heteroatoms. The Kier molecular flexibility index (Phi) is 2.66. The predicted octanol–water partition coefficient (Wildman–Crippen LogP) is 1.56. The Morgan fingerprint density at radius 1 is 1.44 bits per heavy atom. The summed E-state index contributed by atoms with van der Waals surface area (Å²) in [5.74, 6) is 0. The molecular formula is C13H18BNO3. The molecule has 0 radical (unpaired) electrons. The van der Waals surface area contributed by atoms with Crippen molar-refractivity contribution < 1.29 is 14.0 Å². The Hall–Kier alpha value is -1.04. The van der Waals surface area contributed by atoms with Gasteiger partial charge < -0.3 is 14.0 Å². The van der Waals surface area contributed by atoms with E-state index in [2.05, 4.69) is 26.1 Å². The second-order valence-corrected chi connectivity index (χ2v) is 5.37. The van der Waals surface area contributed by atoms with Crippen LogP contribution in [0.5, 0.6) is 0 Å². The highest BCUT2D eigenvalue weighted by atomic mass is 16.6. The van der Waals surface area contributed by atoms with Crippen molar-refractivity contribution in [3.63, 3.8) is 0 Å². The van der Waals surface area contributed by atoms with Crippen LogP contribution in [0.15, 0.2) is 34.5 Å². The zero-order chi connectivity index (χ0) is 12.9. The molecule has 0 amide bonds. The first-order valence-electron chi connectivity index (χ1n) is 6.28. The highest BCUT2D eigenvalue weighted by molar-refractivity contribution is 6.57. The van der Waals surface area contributed by atoms with Gasteiger partial charge in [-0.3, -0.25) is 5.32 Å². The third-order valence-electron chi connectivity index (χ3n) is 3.88. The third-order valence-corrected chi connectivity index (χ3v) is 3.88. The van der Waals surface area contributed by atoms with Crippen LogP contribution in [0.2, 0.25) is 0 Å². The van der Waals surface area contributed by atoms with E-state index in [0.29, 0.717) is 6.61 Å². The molecule has 3 rings (SSSR count). The molecule has 3 aliphatic heterocycles. The van der Waals surface area contributed by atoms with E-state index >= 15 is 0 Å². The monoisotopic (exact) mass is 247 g/mol. The number of hydrogen-bond donors (Lipinski definition) is 1. The second-order valence-electron chi connectivity index (χ2n) is 5.37. The van der Waals surface area contributed by atoms with Gasteiger partial charge >= 0.3 is 7.12 Å². The minimum atomic E-state index is -0.333. The van der Waals surface area contributed by atoms with Gasteiger partial charge in [0, 0.05) is 0 Å². The van der Waals surface area contributed by atoms with Gasteiger partial charge in [-0.2, -0.15) is 0 Å². The first-order chi connectivity index (χ1) is 8.54. The highest BCUT2D eigenvalue weighted by Crippen LogP contribution is 2.43. The van der Waals surface area contributed by atoms with Gasteiger partial charge in [-0.05, 0) is 56.1 Å². The molecule has 18 heavy (non-hydrogen) atoms. The average Bonchev–Trinajstić information content (AvgIpc) is 2.52. The zero-order valence-electron chi connectivity index (χ0n) is 11.2. The van der Waals surface area contributed by atoms with Gasteiger partial charge in [0.2, 0.25) is 0 Å². The molecular weight excluding hydrogens is 229 g/mol. The lowest BCUT2D eigenvalue weighted by molar-refractivity contribution is 0.0816. The summed E-state index contributed by atoms with van der Waals surface area (Å²) >= 11 is 0. The minimum absolute atomic E-state index is 0.105. The topological polar surface area (TPSA) is 39.7 Å². The van der Waals surface area contributed by atoms with Crippen LogP contribution in [0.1, 0.15) is 20.8 Å². The lowest BCUT2D eigenvalue weighted by atomic mass is 9.69. The Morgan fingerprint density at radius 2 is 2.22 bits per heavy atom. The number of allylic oxidation sites excluding steroid dienone is 3. The maximum atomic E-state index is 6.02. The fourth-order valence-electron chi connectivity index (χ4n) is 2.83. The van der Waals surface area contributed by atoms with E-state index in [4.69, 9.17) is 14.0 Å². The lowest BCUT2D eigenvalue weighted by Gasteiger charge is -2.29. The maximum absolute atomic E-state index is 6.02. The summed E-state index contributed by atoms with van der Waals surface area (Å²) in [5.41, 5.74) is 4.35. The van der Waals surface area contributed by atoms with Crippen molar-refractivity contribution in [2.75, 3.05) is 13.7 Å². The molecule has 0 aliphatic carbocycles. The number of ether oxygens (including phenoxy) is 1. The third kappa shape index (κ3) is 1.58. The summed E-state index contributed by atoms with van der Waals surface area (Å²) in [6, 6.07) is 0. The molecule has 96 valence electrons. The Morgan fingerprint density at radius 3 is 2.94 bits per heavy atom. The molecule has 0 saturated heterocycles. The van der Waals surface area contributed by atoms with Crippen molar-refractivity contribution in [2.45, 2.75) is 32.6 Å². The van der Waals surface area contributed by atoms with E-state index in [1.54, 1.807) is 6.26 Å². The standard InChI is InChI=1S/C13H18BNO3/c1-8-9-5-6-16-7-10-11(9)14(17-12(8)15-4)18-13(10,2)3/h5-6,12,15H,7H2,1-4H3. The van der Waals surface area contributed by atoms with Crippen molar-refractivity contribution in [1.82, 2.24) is 5.32 Å². The number of likely N-dealkylation sites (N-methyl/N-ethyl adjacent to an activating group) is 1. The fourth-order valence-corrected chi connectivity index (χ4v) is 2.83. The Labute approximate surface area is 108 Å². The average molecular weight is 247 g/mol. The molecule has 0 aromatic carbocycles. The van der Waals surface area contributed by atoms with Gasteiger partial charge in [-0.15, -0.1) is 0 Å². The summed E-state index contributed by atoms with van der Waals surface area (Å²) in [7, 11) is 1.60. The molecule has 0 spiro atoms. The van der Waals surface area contributed by atoms with E-state index < -0.39 is 0 Å². The van der Waals surface area contributed by atoms with E-state index in [1.807, 2.05) is 13.1 Å². The number of hydrogen-bond acceptors (Lipinski definition) is 4. The first-order valence-corrected chi connectivity index (χ1v) is 6.28. The van der Waals surface area contributed by atoms with Crippen molar-refractivity contribution in [3.05, 3.63) is 34.5 Å². The van der Waals surface area contributed by atoms with Gasteiger partial charge in [0.15, 0.2) is 0 Å². The molecule has 1 N–H and O–H groups in total. The molecule has 0 saturated carbocycles. The Bertz CT molecular complexity index is 479. The zero-order valence-corrected chi connectivity index (χ0v) is 11.2. The molecule has 0 bridgehead atoms. The summed E-state index contributed by atoms with van der Waals surface area (Å²) in [6.45, 7) is 6.78. The highest BCUT2D eigenvalue weighted by Gasteiger charge is 2.49.